The summed E-state index contributed by atoms with van der Waals surface area (Å²) in [5.74, 6) is -3.69. The van der Waals surface area contributed by atoms with Crippen molar-refractivity contribution in [3.8, 4) is 11.5 Å². The molecule has 12 heteroatoms. The van der Waals surface area contributed by atoms with Crippen LogP contribution in [-0.2, 0) is 15.8 Å². The monoisotopic (exact) mass is 577 g/mol. The average Bonchev–Trinajstić information content (AvgIpc) is 3.36. The molecule has 0 saturated heterocycles. The van der Waals surface area contributed by atoms with E-state index in [1.807, 2.05) is 12.1 Å². The van der Waals surface area contributed by atoms with Crippen LogP contribution in [0.4, 0.5) is 18.9 Å². The van der Waals surface area contributed by atoms with E-state index in [0.29, 0.717) is 16.6 Å². The van der Waals surface area contributed by atoms with E-state index in [1.165, 1.54) is 24.3 Å². The summed E-state index contributed by atoms with van der Waals surface area (Å²) in [7, 11) is 0. The predicted molar refractivity (Wildman–Crippen MR) is 141 cm³/mol. The Bertz CT molecular complexity index is 1350. The van der Waals surface area contributed by atoms with Crippen molar-refractivity contribution in [2.75, 3.05) is 11.9 Å². The Morgan fingerprint density at radius 3 is 2.25 bits per heavy atom. The lowest BCUT2D eigenvalue weighted by molar-refractivity contribution is -0.153. The lowest BCUT2D eigenvalue weighted by atomic mass is 9.77. The molecule has 212 valence electrons. The molecular weight excluding hydrogens is 551 g/mol. The third-order valence-electron chi connectivity index (χ3n) is 6.80. The number of halogens is 4. The van der Waals surface area contributed by atoms with Crippen LogP contribution in [0.3, 0.4) is 0 Å². The molecule has 1 saturated carbocycles. The molecule has 8 nitrogen and oxygen atoms in total. The largest absolute Gasteiger partial charge is 0.481 e. The second-order valence-electron chi connectivity index (χ2n) is 9.69. The van der Waals surface area contributed by atoms with Crippen molar-refractivity contribution < 1.29 is 37.1 Å². The fourth-order valence-corrected chi connectivity index (χ4v) is 4.89. The van der Waals surface area contributed by atoms with Crippen LogP contribution in [0.15, 0.2) is 52.9 Å². The van der Waals surface area contributed by atoms with Gasteiger partial charge in [-0.2, -0.15) is 13.2 Å². The smallest absolute Gasteiger partial charge is 0.452 e. The van der Waals surface area contributed by atoms with Crippen molar-refractivity contribution in [1.82, 2.24) is 10.3 Å². The van der Waals surface area contributed by atoms with E-state index in [0.717, 1.165) is 31.2 Å². The van der Waals surface area contributed by atoms with Gasteiger partial charge in [-0.3, -0.25) is 14.4 Å². The molecule has 2 aromatic carbocycles. The average molecular weight is 578 g/mol. The SMILES string of the molecule is O=C(O)C[C@H]1CC[C@H](c2ccc(NC(=O)CCNC(=O)c3nc(-c4ccc(Cl)cc4)oc3C(F)(F)F)cc2)CC1. The molecule has 1 aliphatic rings. The molecule has 0 atom stereocenters. The van der Waals surface area contributed by atoms with E-state index in [9.17, 15) is 27.6 Å². The third kappa shape index (κ3) is 7.62. The number of benzene rings is 2. The third-order valence-corrected chi connectivity index (χ3v) is 7.06. The van der Waals surface area contributed by atoms with Crippen LogP contribution in [0.25, 0.3) is 11.5 Å². The van der Waals surface area contributed by atoms with Gasteiger partial charge in [0.1, 0.15) is 0 Å². The second-order valence-corrected chi connectivity index (χ2v) is 10.1. The predicted octanol–water partition coefficient (Wildman–Crippen LogP) is 6.52. The number of alkyl halides is 3. The number of carbonyl (C=O) groups is 3. The normalized spacial score (nSPS) is 17.3. The molecule has 0 spiro atoms. The van der Waals surface area contributed by atoms with Gasteiger partial charge in [0.15, 0.2) is 5.69 Å². The highest BCUT2D eigenvalue weighted by Crippen LogP contribution is 2.38. The molecule has 0 unspecified atom stereocenters. The zero-order chi connectivity index (χ0) is 28.9. The van der Waals surface area contributed by atoms with Crippen molar-refractivity contribution in [1.29, 1.82) is 0 Å². The zero-order valence-electron chi connectivity index (χ0n) is 21.3. The minimum atomic E-state index is -4.95. The van der Waals surface area contributed by atoms with Crippen LogP contribution in [0, 0.1) is 5.92 Å². The molecule has 1 aliphatic carbocycles. The lowest BCUT2D eigenvalue weighted by Gasteiger charge is -2.28. The minimum Gasteiger partial charge on any atom is -0.481 e. The van der Waals surface area contributed by atoms with Gasteiger partial charge in [0, 0.05) is 35.7 Å². The molecule has 2 amide bonds. The number of carboxylic acids is 1. The highest BCUT2D eigenvalue weighted by atomic mass is 35.5. The first kappa shape index (κ1) is 29.1. The summed E-state index contributed by atoms with van der Waals surface area (Å²) in [6.45, 7) is -0.219. The molecule has 0 bridgehead atoms. The Morgan fingerprint density at radius 1 is 1.00 bits per heavy atom. The number of nitrogens with one attached hydrogen (secondary N) is 2. The fourth-order valence-electron chi connectivity index (χ4n) is 4.76. The highest BCUT2D eigenvalue weighted by Gasteiger charge is 2.42. The van der Waals surface area contributed by atoms with Gasteiger partial charge in [-0.15, -0.1) is 0 Å². The summed E-state index contributed by atoms with van der Waals surface area (Å²) in [5, 5.41) is 14.3. The van der Waals surface area contributed by atoms with Gasteiger partial charge in [-0.25, -0.2) is 4.98 Å². The van der Waals surface area contributed by atoms with Crippen molar-refractivity contribution in [2.45, 2.75) is 50.6 Å². The quantitative estimate of drug-likeness (QED) is 0.266. The Balaban J connectivity index is 1.28. The van der Waals surface area contributed by atoms with Gasteiger partial charge in [-0.05, 0) is 79.5 Å². The number of oxazole rings is 1. The van der Waals surface area contributed by atoms with Gasteiger partial charge in [0.25, 0.3) is 5.91 Å². The number of carboxylic acid groups (broad SMARTS) is 1. The molecule has 40 heavy (non-hydrogen) atoms. The first-order valence-corrected chi connectivity index (χ1v) is 13.1. The van der Waals surface area contributed by atoms with E-state index < -0.39 is 35.4 Å². The van der Waals surface area contributed by atoms with E-state index in [-0.39, 0.29) is 36.8 Å². The topological polar surface area (TPSA) is 122 Å². The number of hydrogen-bond acceptors (Lipinski definition) is 5. The van der Waals surface area contributed by atoms with Crippen LogP contribution in [-0.4, -0.2) is 34.4 Å². The van der Waals surface area contributed by atoms with Crippen molar-refractivity contribution in [3.05, 3.63) is 70.6 Å². The van der Waals surface area contributed by atoms with Gasteiger partial charge in [0.05, 0.1) is 0 Å². The van der Waals surface area contributed by atoms with Crippen molar-refractivity contribution >= 4 is 35.1 Å². The summed E-state index contributed by atoms with van der Waals surface area (Å²) < 4.78 is 45.3. The number of amides is 2. The number of aliphatic carboxylic acids is 1. The molecule has 1 heterocycles. The summed E-state index contributed by atoms with van der Waals surface area (Å²) in [6.07, 6.45) is -1.39. The van der Waals surface area contributed by atoms with Gasteiger partial charge in [-0.1, -0.05) is 23.7 Å². The lowest BCUT2D eigenvalue weighted by Crippen LogP contribution is -2.29. The molecule has 3 aromatic rings. The van der Waals surface area contributed by atoms with E-state index in [2.05, 4.69) is 15.6 Å². The molecule has 1 aromatic heterocycles. The number of rotatable bonds is 9. The Hall–Kier alpha value is -3.86. The van der Waals surface area contributed by atoms with E-state index in [1.54, 1.807) is 12.1 Å². The number of anilines is 1. The maximum absolute atomic E-state index is 13.5. The highest BCUT2D eigenvalue weighted by molar-refractivity contribution is 6.30. The van der Waals surface area contributed by atoms with Crippen LogP contribution in [0.2, 0.25) is 5.02 Å². The number of nitrogens with zero attached hydrogens (tertiary/aromatic N) is 1. The van der Waals surface area contributed by atoms with Crippen LogP contribution >= 0.6 is 11.6 Å². The molecule has 1 fully saturated rings. The number of carbonyl (C=O) groups excluding carboxylic acids is 2. The Kier molecular flexibility index (Phi) is 9.14. The standard InChI is InChI=1S/C28H27ClF3N3O5/c29-20-9-5-19(6-10-20)27-35-24(25(40-27)28(30,31)32)26(39)33-14-13-22(36)34-21-11-7-18(8-12-21)17-3-1-16(2-4-17)15-23(37)38/h5-12,16-17H,1-4,13-15H2,(H,33,39)(H,34,36)(H,37,38)/t16-,17-. The summed E-state index contributed by atoms with van der Waals surface area (Å²) in [6, 6.07) is 13.1. The molecule has 4 rings (SSSR count). The summed E-state index contributed by atoms with van der Waals surface area (Å²) >= 11 is 5.81. The van der Waals surface area contributed by atoms with Crippen LogP contribution in [0.5, 0.6) is 0 Å². The fraction of sp³-hybridized carbons (Fsp3) is 0.357. The molecule has 3 N–H and O–H groups in total. The molecule has 0 aliphatic heterocycles. The van der Waals surface area contributed by atoms with Crippen molar-refractivity contribution in [3.63, 3.8) is 0 Å². The Morgan fingerprint density at radius 2 is 1.65 bits per heavy atom. The summed E-state index contributed by atoms with van der Waals surface area (Å²) in [4.78, 5) is 39.5. The van der Waals surface area contributed by atoms with Gasteiger partial charge < -0.3 is 20.2 Å². The summed E-state index contributed by atoms with van der Waals surface area (Å²) in [5.41, 5.74) is 0.948. The second kappa shape index (κ2) is 12.5. The maximum Gasteiger partial charge on any atom is 0.452 e. The van der Waals surface area contributed by atoms with Crippen LogP contribution in [0.1, 0.15) is 66.3 Å². The zero-order valence-corrected chi connectivity index (χ0v) is 22.0. The van der Waals surface area contributed by atoms with Crippen molar-refractivity contribution in [2.24, 2.45) is 5.92 Å². The van der Waals surface area contributed by atoms with Gasteiger partial charge in [0.2, 0.25) is 17.6 Å². The Labute approximate surface area is 232 Å². The van der Waals surface area contributed by atoms with E-state index in [4.69, 9.17) is 21.1 Å². The molecule has 0 radical (unpaired) electrons. The van der Waals surface area contributed by atoms with Crippen LogP contribution < -0.4 is 10.6 Å². The minimum absolute atomic E-state index is 0.176. The number of aromatic nitrogens is 1. The molecular formula is C28H27ClF3N3O5. The maximum atomic E-state index is 13.5. The van der Waals surface area contributed by atoms with E-state index >= 15 is 0 Å². The first-order chi connectivity index (χ1) is 19.0. The first-order valence-electron chi connectivity index (χ1n) is 12.7. The number of hydrogen-bond donors (Lipinski definition) is 3. The van der Waals surface area contributed by atoms with Gasteiger partial charge >= 0.3 is 12.1 Å².